The number of amides is 1. The number of aryl methyl sites for hydroxylation is 2. The molecule has 0 aliphatic carbocycles. The van der Waals surface area contributed by atoms with Crippen LogP contribution >= 0.6 is 0 Å². The number of carbonyl (C=O) groups is 1. The van der Waals surface area contributed by atoms with Gasteiger partial charge in [0.1, 0.15) is 17.0 Å². The van der Waals surface area contributed by atoms with Crippen molar-refractivity contribution >= 4 is 17.1 Å². The summed E-state index contributed by atoms with van der Waals surface area (Å²) in [5.41, 5.74) is 2.67. The van der Waals surface area contributed by atoms with E-state index < -0.39 is 0 Å². The number of hydrogen-bond donors (Lipinski definition) is 0. The minimum absolute atomic E-state index is 0.0255. The lowest BCUT2D eigenvalue weighted by atomic mass is 10.1. The maximum Gasteiger partial charge on any atom is 0.256 e. The molecule has 5 heterocycles. The Kier molecular flexibility index (Phi) is 3.90. The lowest BCUT2D eigenvalue weighted by Crippen LogP contribution is -2.40. The van der Waals surface area contributed by atoms with E-state index >= 15 is 0 Å². The van der Waals surface area contributed by atoms with Gasteiger partial charge in [0, 0.05) is 26.0 Å². The van der Waals surface area contributed by atoms with Gasteiger partial charge in [-0.3, -0.25) is 9.78 Å². The van der Waals surface area contributed by atoms with Gasteiger partial charge in [0.15, 0.2) is 17.3 Å². The lowest BCUT2D eigenvalue weighted by molar-refractivity contribution is 0.0684. The third kappa shape index (κ3) is 2.69. The summed E-state index contributed by atoms with van der Waals surface area (Å²) in [5.74, 6) is 2.22. The van der Waals surface area contributed by atoms with Gasteiger partial charge >= 0.3 is 0 Å². The lowest BCUT2D eigenvalue weighted by Gasteiger charge is -2.32. The van der Waals surface area contributed by atoms with Gasteiger partial charge in [-0.05, 0) is 32.0 Å². The monoisotopic (exact) mass is 388 g/mol. The van der Waals surface area contributed by atoms with E-state index in [1.54, 1.807) is 23.4 Å². The molecule has 0 unspecified atom stereocenters. The highest BCUT2D eigenvalue weighted by atomic mass is 16.2. The van der Waals surface area contributed by atoms with Crippen molar-refractivity contribution in [2.75, 3.05) is 6.54 Å². The van der Waals surface area contributed by atoms with Crippen LogP contribution in [0.1, 0.15) is 35.0 Å². The largest absolute Gasteiger partial charge is 0.329 e. The summed E-state index contributed by atoms with van der Waals surface area (Å²) >= 11 is 0. The van der Waals surface area contributed by atoms with Gasteiger partial charge in [0.2, 0.25) is 0 Å². The zero-order valence-corrected chi connectivity index (χ0v) is 16.4. The molecule has 0 fully saturated rings. The van der Waals surface area contributed by atoms with Crippen molar-refractivity contribution in [1.82, 2.24) is 39.2 Å². The predicted octanol–water partition coefficient (Wildman–Crippen LogP) is 2.15. The molecule has 0 bridgehead atoms. The van der Waals surface area contributed by atoms with Crippen LogP contribution in [0.2, 0.25) is 0 Å². The van der Waals surface area contributed by atoms with Crippen LogP contribution in [0.3, 0.4) is 0 Å². The Morgan fingerprint density at radius 3 is 2.79 bits per heavy atom. The van der Waals surface area contributed by atoms with Crippen LogP contribution in [-0.2, 0) is 13.6 Å². The van der Waals surface area contributed by atoms with Crippen LogP contribution in [0.15, 0.2) is 36.7 Å². The molecular formula is C20H20N8O. The molecule has 0 spiro atoms. The maximum absolute atomic E-state index is 13.3. The smallest absolute Gasteiger partial charge is 0.256 e. The van der Waals surface area contributed by atoms with Crippen LogP contribution in [-0.4, -0.2) is 51.6 Å². The van der Waals surface area contributed by atoms with Crippen LogP contribution in [0.4, 0.5) is 0 Å². The van der Waals surface area contributed by atoms with Crippen molar-refractivity contribution < 1.29 is 4.79 Å². The number of aromatic nitrogens is 7. The average molecular weight is 388 g/mol. The van der Waals surface area contributed by atoms with Gasteiger partial charge in [-0.2, -0.15) is 0 Å². The van der Waals surface area contributed by atoms with Gasteiger partial charge < -0.3 is 14.0 Å². The first-order chi connectivity index (χ1) is 14.0. The van der Waals surface area contributed by atoms with E-state index in [1.807, 2.05) is 36.7 Å². The Morgan fingerprint density at radius 2 is 2.00 bits per heavy atom. The van der Waals surface area contributed by atoms with Gasteiger partial charge in [0.25, 0.3) is 5.91 Å². The van der Waals surface area contributed by atoms with E-state index in [0.717, 1.165) is 23.2 Å². The second-order valence-electron chi connectivity index (χ2n) is 7.31. The molecule has 4 aromatic rings. The normalized spacial score (nSPS) is 16.2. The molecule has 0 aromatic carbocycles. The number of imidazole rings is 1. The summed E-state index contributed by atoms with van der Waals surface area (Å²) in [6.45, 7) is 4.91. The molecule has 1 atom stereocenters. The molecule has 29 heavy (non-hydrogen) atoms. The first-order valence-corrected chi connectivity index (χ1v) is 9.47. The highest BCUT2D eigenvalue weighted by Crippen LogP contribution is 2.28. The van der Waals surface area contributed by atoms with Gasteiger partial charge in [-0.15, -0.1) is 10.2 Å². The van der Waals surface area contributed by atoms with E-state index in [-0.39, 0.29) is 11.9 Å². The second-order valence-corrected chi connectivity index (χ2v) is 7.31. The third-order valence-corrected chi connectivity index (χ3v) is 5.42. The molecule has 9 nitrogen and oxygen atoms in total. The summed E-state index contributed by atoms with van der Waals surface area (Å²) in [5, 5.41) is 8.67. The summed E-state index contributed by atoms with van der Waals surface area (Å²) in [7, 11) is 1.90. The van der Waals surface area contributed by atoms with Crippen molar-refractivity contribution in [2.45, 2.75) is 26.4 Å². The van der Waals surface area contributed by atoms with Crippen molar-refractivity contribution in [3.8, 4) is 11.5 Å². The zero-order chi connectivity index (χ0) is 20.1. The van der Waals surface area contributed by atoms with E-state index in [4.69, 9.17) is 0 Å². The fourth-order valence-electron chi connectivity index (χ4n) is 3.89. The SMILES string of the molecule is Cc1nc2c(C(=O)N3Cc4nnc(-c5ccccn5)n4[C@@H](C)C3)ccnc2n1C. The highest BCUT2D eigenvalue weighted by Gasteiger charge is 2.31. The topological polar surface area (TPSA) is 94.6 Å². The zero-order valence-electron chi connectivity index (χ0n) is 16.4. The molecule has 0 N–H and O–H groups in total. The first kappa shape index (κ1) is 17.5. The molecular weight excluding hydrogens is 368 g/mol. The molecule has 1 aliphatic heterocycles. The van der Waals surface area contributed by atoms with E-state index in [1.165, 1.54) is 0 Å². The predicted molar refractivity (Wildman–Crippen MR) is 106 cm³/mol. The van der Waals surface area contributed by atoms with Crippen LogP contribution in [0.5, 0.6) is 0 Å². The Hall–Kier alpha value is -3.62. The Morgan fingerprint density at radius 1 is 1.14 bits per heavy atom. The number of rotatable bonds is 2. The highest BCUT2D eigenvalue weighted by molar-refractivity contribution is 6.04. The van der Waals surface area contributed by atoms with E-state index in [2.05, 4.69) is 36.6 Å². The molecule has 5 rings (SSSR count). The Balaban J connectivity index is 1.50. The number of nitrogens with zero attached hydrogens (tertiary/aromatic N) is 8. The summed E-state index contributed by atoms with van der Waals surface area (Å²) in [6.07, 6.45) is 3.40. The number of carbonyl (C=O) groups excluding carboxylic acids is 1. The number of fused-ring (bicyclic) bond motifs is 2. The minimum Gasteiger partial charge on any atom is -0.329 e. The first-order valence-electron chi connectivity index (χ1n) is 9.47. The summed E-state index contributed by atoms with van der Waals surface area (Å²) in [4.78, 5) is 28.5. The van der Waals surface area contributed by atoms with Crippen molar-refractivity contribution in [2.24, 2.45) is 7.05 Å². The fraction of sp³-hybridized carbons (Fsp3) is 0.300. The Bertz CT molecular complexity index is 1230. The number of hydrogen-bond acceptors (Lipinski definition) is 6. The Labute approximate surface area is 167 Å². The average Bonchev–Trinajstić information content (AvgIpc) is 3.30. The van der Waals surface area contributed by atoms with Gasteiger partial charge in [-0.25, -0.2) is 9.97 Å². The molecule has 1 aliphatic rings. The van der Waals surface area contributed by atoms with Crippen molar-refractivity contribution in [1.29, 1.82) is 0 Å². The molecule has 146 valence electrons. The third-order valence-electron chi connectivity index (χ3n) is 5.42. The van der Waals surface area contributed by atoms with E-state index in [9.17, 15) is 4.79 Å². The quantitative estimate of drug-likeness (QED) is 0.522. The van der Waals surface area contributed by atoms with Crippen LogP contribution < -0.4 is 0 Å². The molecule has 4 aromatic heterocycles. The maximum atomic E-state index is 13.3. The summed E-state index contributed by atoms with van der Waals surface area (Å²) in [6, 6.07) is 7.48. The molecule has 9 heteroatoms. The van der Waals surface area contributed by atoms with Gasteiger partial charge in [0.05, 0.1) is 18.2 Å². The van der Waals surface area contributed by atoms with Gasteiger partial charge in [-0.1, -0.05) is 6.07 Å². The fourth-order valence-corrected chi connectivity index (χ4v) is 3.89. The molecule has 1 amide bonds. The van der Waals surface area contributed by atoms with E-state index in [0.29, 0.717) is 29.8 Å². The minimum atomic E-state index is -0.0732. The number of pyridine rings is 2. The second kappa shape index (κ2) is 6.47. The molecule has 0 saturated carbocycles. The summed E-state index contributed by atoms with van der Waals surface area (Å²) < 4.78 is 3.96. The van der Waals surface area contributed by atoms with Crippen molar-refractivity contribution in [3.05, 3.63) is 53.9 Å². The van der Waals surface area contributed by atoms with Crippen LogP contribution in [0.25, 0.3) is 22.7 Å². The van der Waals surface area contributed by atoms with Crippen LogP contribution in [0, 0.1) is 6.92 Å². The standard InChI is InChI=1S/C20H20N8O/c1-12-10-27(11-16-24-25-18(28(12)16)15-6-4-5-8-21-15)20(29)14-7-9-22-19-17(14)23-13(2)26(19)3/h4-9,12H,10-11H2,1-3H3/t12-/m0/s1. The molecule has 0 saturated heterocycles. The molecule has 0 radical (unpaired) electrons. The van der Waals surface area contributed by atoms with Crippen molar-refractivity contribution in [3.63, 3.8) is 0 Å².